The zero-order valence-electron chi connectivity index (χ0n) is 17.0. The summed E-state index contributed by atoms with van der Waals surface area (Å²) in [6.45, 7) is 2.32. The highest BCUT2D eigenvalue weighted by atomic mass is 32.2. The Kier molecular flexibility index (Phi) is 6.30. The third-order valence-electron chi connectivity index (χ3n) is 4.60. The molecule has 8 nitrogen and oxygen atoms in total. The first-order chi connectivity index (χ1) is 14.6. The van der Waals surface area contributed by atoms with E-state index < -0.39 is 28.9 Å². The first-order valence-electron chi connectivity index (χ1n) is 9.31. The summed E-state index contributed by atoms with van der Waals surface area (Å²) in [6, 6.07) is 4.71. The van der Waals surface area contributed by atoms with Crippen LogP contribution in [-0.2, 0) is 31.6 Å². The van der Waals surface area contributed by atoms with Gasteiger partial charge in [-0.1, -0.05) is 30.8 Å². The molecule has 31 heavy (non-hydrogen) atoms. The second kappa shape index (κ2) is 8.61. The third kappa shape index (κ3) is 4.38. The lowest BCUT2D eigenvalue weighted by Crippen LogP contribution is -2.37. The summed E-state index contributed by atoms with van der Waals surface area (Å²) in [5.74, 6) is -0.883. The van der Waals surface area contributed by atoms with Gasteiger partial charge in [0.1, 0.15) is 0 Å². The van der Waals surface area contributed by atoms with E-state index in [1.807, 2.05) is 6.92 Å². The Morgan fingerprint density at radius 1 is 1.16 bits per heavy atom. The van der Waals surface area contributed by atoms with E-state index in [9.17, 15) is 27.6 Å². The minimum Gasteiger partial charge on any atom is -0.325 e. The molecule has 166 valence electrons. The molecule has 12 heteroatoms. The van der Waals surface area contributed by atoms with Crippen LogP contribution in [0.25, 0.3) is 11.2 Å². The van der Waals surface area contributed by atoms with E-state index >= 15 is 0 Å². The smallest absolute Gasteiger partial charge is 0.325 e. The van der Waals surface area contributed by atoms with Crippen molar-refractivity contribution in [3.8, 4) is 0 Å². The van der Waals surface area contributed by atoms with Gasteiger partial charge in [-0.2, -0.15) is 13.2 Å². The second-order valence-electron chi connectivity index (χ2n) is 6.80. The number of alkyl halides is 3. The minimum absolute atomic E-state index is 0.187. The number of imidazole rings is 1. The van der Waals surface area contributed by atoms with Crippen molar-refractivity contribution in [3.63, 3.8) is 0 Å². The van der Waals surface area contributed by atoms with Crippen LogP contribution < -0.4 is 16.6 Å². The van der Waals surface area contributed by atoms with Crippen LogP contribution in [-0.4, -0.2) is 30.3 Å². The average Bonchev–Trinajstić information content (AvgIpc) is 3.07. The Hall–Kier alpha value is -3.02. The van der Waals surface area contributed by atoms with Crippen LogP contribution in [0, 0.1) is 0 Å². The van der Waals surface area contributed by atoms with Gasteiger partial charge in [-0.25, -0.2) is 9.78 Å². The largest absolute Gasteiger partial charge is 0.418 e. The van der Waals surface area contributed by atoms with E-state index in [0.717, 1.165) is 22.4 Å². The lowest BCUT2D eigenvalue weighted by Gasteiger charge is -2.13. The number of halogens is 3. The predicted octanol–water partition coefficient (Wildman–Crippen LogP) is 2.59. The van der Waals surface area contributed by atoms with Crippen molar-refractivity contribution in [2.24, 2.45) is 14.1 Å². The number of hydrogen-bond donors (Lipinski definition) is 1. The van der Waals surface area contributed by atoms with Gasteiger partial charge < -0.3 is 9.88 Å². The molecule has 0 fully saturated rings. The molecule has 1 amide bonds. The summed E-state index contributed by atoms with van der Waals surface area (Å²) in [5, 5.41) is 2.60. The molecule has 0 saturated heterocycles. The fourth-order valence-corrected chi connectivity index (χ4v) is 3.95. The number of amides is 1. The van der Waals surface area contributed by atoms with E-state index in [1.54, 1.807) is 4.57 Å². The van der Waals surface area contributed by atoms with Crippen molar-refractivity contribution >= 4 is 34.5 Å². The number of rotatable bonds is 6. The highest BCUT2D eigenvalue weighted by Crippen LogP contribution is 2.34. The summed E-state index contributed by atoms with van der Waals surface area (Å²) in [6.07, 6.45) is -3.94. The zero-order chi connectivity index (χ0) is 22.9. The number of nitrogens with one attached hydrogen (secondary N) is 1. The number of aryl methyl sites for hydroxylation is 2. The monoisotopic (exact) mass is 455 g/mol. The SMILES string of the molecule is CCCn1c(SCC(=O)Nc2ccccc2C(F)(F)F)nc2c1c(=O)n(C)c(=O)n2C. The van der Waals surface area contributed by atoms with Crippen molar-refractivity contribution in [2.75, 3.05) is 11.1 Å². The van der Waals surface area contributed by atoms with Gasteiger partial charge >= 0.3 is 11.9 Å². The van der Waals surface area contributed by atoms with Crippen molar-refractivity contribution < 1.29 is 18.0 Å². The molecule has 0 aliphatic heterocycles. The highest BCUT2D eigenvalue weighted by molar-refractivity contribution is 7.99. The normalized spacial score (nSPS) is 11.8. The Morgan fingerprint density at radius 2 is 1.84 bits per heavy atom. The molecule has 0 unspecified atom stereocenters. The highest BCUT2D eigenvalue weighted by Gasteiger charge is 2.33. The Morgan fingerprint density at radius 3 is 2.48 bits per heavy atom. The minimum atomic E-state index is -4.60. The molecule has 2 aromatic heterocycles. The molecule has 0 bridgehead atoms. The van der Waals surface area contributed by atoms with Gasteiger partial charge in [0.05, 0.1) is 17.0 Å². The van der Waals surface area contributed by atoms with Crippen LogP contribution in [0.1, 0.15) is 18.9 Å². The number of fused-ring (bicyclic) bond motifs is 1. The quantitative estimate of drug-likeness (QED) is 0.577. The number of benzene rings is 1. The third-order valence-corrected chi connectivity index (χ3v) is 5.58. The molecule has 0 aliphatic carbocycles. The molecule has 3 aromatic rings. The maximum Gasteiger partial charge on any atom is 0.418 e. The molecule has 0 atom stereocenters. The standard InChI is InChI=1S/C19H20F3N5O3S/c1-4-9-27-14-15(25(2)18(30)26(3)16(14)29)24-17(27)31-10-13(28)23-12-8-6-5-7-11(12)19(20,21)22/h5-8H,4,9-10H2,1-3H3,(H,23,28). The number of aromatic nitrogens is 4. The van der Waals surface area contributed by atoms with Crippen LogP contribution in [0.2, 0.25) is 0 Å². The number of thioether (sulfide) groups is 1. The van der Waals surface area contributed by atoms with Crippen molar-refractivity contribution in [3.05, 3.63) is 50.7 Å². The van der Waals surface area contributed by atoms with E-state index in [0.29, 0.717) is 18.1 Å². The predicted molar refractivity (Wildman–Crippen MR) is 111 cm³/mol. The lowest BCUT2D eigenvalue weighted by molar-refractivity contribution is -0.137. The molecular formula is C19H20F3N5O3S. The summed E-state index contributed by atoms with van der Waals surface area (Å²) in [5.41, 5.74) is -1.89. The average molecular weight is 455 g/mol. The fourth-order valence-electron chi connectivity index (χ4n) is 3.12. The maximum atomic E-state index is 13.1. The summed E-state index contributed by atoms with van der Waals surface area (Å²) in [7, 11) is 2.86. The lowest BCUT2D eigenvalue weighted by atomic mass is 10.1. The fraction of sp³-hybridized carbons (Fsp3) is 0.368. The summed E-state index contributed by atoms with van der Waals surface area (Å²) < 4.78 is 43.2. The van der Waals surface area contributed by atoms with Gasteiger partial charge in [0.15, 0.2) is 16.3 Å². The summed E-state index contributed by atoms with van der Waals surface area (Å²) >= 11 is 0.978. The first-order valence-corrected chi connectivity index (χ1v) is 10.3. The number of carbonyl (C=O) groups is 1. The Bertz CT molecular complexity index is 1260. The number of hydrogen-bond acceptors (Lipinski definition) is 5. The number of carbonyl (C=O) groups excluding carboxylic acids is 1. The van der Waals surface area contributed by atoms with Crippen molar-refractivity contribution in [1.82, 2.24) is 18.7 Å². The molecule has 1 N–H and O–H groups in total. The summed E-state index contributed by atoms with van der Waals surface area (Å²) in [4.78, 5) is 41.5. The Labute approximate surface area is 178 Å². The molecular weight excluding hydrogens is 435 g/mol. The van der Waals surface area contributed by atoms with Crippen molar-refractivity contribution in [1.29, 1.82) is 0 Å². The molecule has 1 aromatic carbocycles. The van der Waals surface area contributed by atoms with E-state index in [2.05, 4.69) is 10.3 Å². The number of anilines is 1. The molecule has 0 radical (unpaired) electrons. The molecule has 3 rings (SSSR count). The van der Waals surface area contributed by atoms with Crippen LogP contribution in [0.4, 0.5) is 18.9 Å². The molecule has 2 heterocycles. The van der Waals surface area contributed by atoms with Crippen LogP contribution in [0.5, 0.6) is 0 Å². The molecule has 0 spiro atoms. The number of nitrogens with zero attached hydrogens (tertiary/aromatic N) is 4. The molecule has 0 aliphatic rings. The molecule has 0 saturated carbocycles. The van der Waals surface area contributed by atoms with Crippen LogP contribution >= 0.6 is 11.8 Å². The second-order valence-corrected chi connectivity index (χ2v) is 7.75. The van der Waals surface area contributed by atoms with Gasteiger partial charge in [0.25, 0.3) is 5.56 Å². The van der Waals surface area contributed by atoms with Gasteiger partial charge in [0, 0.05) is 20.6 Å². The topological polar surface area (TPSA) is 90.9 Å². The van der Waals surface area contributed by atoms with Gasteiger partial charge in [0.2, 0.25) is 5.91 Å². The first kappa shape index (κ1) is 22.7. The zero-order valence-corrected chi connectivity index (χ0v) is 17.8. The van der Waals surface area contributed by atoms with E-state index in [-0.39, 0.29) is 22.6 Å². The maximum absolute atomic E-state index is 13.1. The van der Waals surface area contributed by atoms with Gasteiger partial charge in [-0.15, -0.1) is 0 Å². The van der Waals surface area contributed by atoms with E-state index in [1.165, 1.54) is 36.9 Å². The van der Waals surface area contributed by atoms with Crippen molar-refractivity contribution in [2.45, 2.75) is 31.2 Å². The number of para-hydroxylation sites is 1. The van der Waals surface area contributed by atoms with Crippen LogP contribution in [0.3, 0.4) is 0 Å². The van der Waals surface area contributed by atoms with Gasteiger partial charge in [-0.05, 0) is 18.6 Å². The van der Waals surface area contributed by atoms with Gasteiger partial charge in [-0.3, -0.25) is 18.7 Å². The van der Waals surface area contributed by atoms with Crippen LogP contribution in [0.15, 0.2) is 39.0 Å². The Balaban J connectivity index is 1.90. The van der Waals surface area contributed by atoms with E-state index in [4.69, 9.17) is 0 Å².